The first kappa shape index (κ1) is 21.3. The molecule has 3 aromatic rings. The van der Waals surface area contributed by atoms with Gasteiger partial charge in [-0.25, -0.2) is 12.8 Å². The molecule has 30 heavy (non-hydrogen) atoms. The summed E-state index contributed by atoms with van der Waals surface area (Å²) in [5, 5.41) is 2.69. The van der Waals surface area contributed by atoms with E-state index in [1.54, 1.807) is 43.5 Å². The normalized spacial score (nSPS) is 11.0. The summed E-state index contributed by atoms with van der Waals surface area (Å²) in [5.41, 5.74) is 1.83. The highest BCUT2D eigenvalue weighted by Crippen LogP contribution is 2.24. The molecule has 156 valence electrons. The maximum atomic E-state index is 14.3. The van der Waals surface area contributed by atoms with Crippen molar-refractivity contribution in [1.29, 1.82) is 0 Å². The fourth-order valence-electron chi connectivity index (χ4n) is 2.63. The third-order valence-corrected chi connectivity index (χ3v) is 4.70. The molecule has 1 heterocycles. The lowest BCUT2D eigenvalue weighted by Gasteiger charge is -2.11. The minimum absolute atomic E-state index is 0.0492. The smallest absolute Gasteiger partial charge is 0.251 e. The Morgan fingerprint density at radius 1 is 1.17 bits per heavy atom. The maximum Gasteiger partial charge on any atom is 0.251 e. The molecular weight excluding hydrogens is 409 g/mol. The highest BCUT2D eigenvalue weighted by molar-refractivity contribution is 7.92. The van der Waals surface area contributed by atoms with E-state index < -0.39 is 21.7 Å². The summed E-state index contributed by atoms with van der Waals surface area (Å²) in [6.07, 6.45) is 4.10. The number of anilines is 1. The molecule has 7 nitrogen and oxygen atoms in total. The van der Waals surface area contributed by atoms with Crippen LogP contribution in [0, 0.1) is 12.7 Å². The Kier molecular flexibility index (Phi) is 6.31. The molecule has 0 unspecified atom stereocenters. The average Bonchev–Trinajstić information content (AvgIpc) is 2.69. The van der Waals surface area contributed by atoms with Crippen molar-refractivity contribution in [3.8, 4) is 11.5 Å². The molecular formula is C21H20FN3O4S. The summed E-state index contributed by atoms with van der Waals surface area (Å²) in [5.74, 6) is -0.522. The van der Waals surface area contributed by atoms with Gasteiger partial charge in [0.15, 0.2) is 11.6 Å². The van der Waals surface area contributed by atoms with Gasteiger partial charge in [0.1, 0.15) is 5.75 Å². The first-order valence-electron chi connectivity index (χ1n) is 8.94. The van der Waals surface area contributed by atoms with Crippen LogP contribution in [0.1, 0.15) is 21.5 Å². The molecule has 3 rings (SSSR count). The Hall–Kier alpha value is -3.46. The molecule has 1 aromatic heterocycles. The molecule has 2 N–H and O–H groups in total. The number of carbonyl (C=O) groups is 1. The average molecular weight is 429 g/mol. The van der Waals surface area contributed by atoms with E-state index in [0.29, 0.717) is 22.6 Å². The zero-order valence-corrected chi connectivity index (χ0v) is 17.2. The molecule has 0 aliphatic carbocycles. The fraction of sp³-hybridized carbons (Fsp3) is 0.143. The van der Waals surface area contributed by atoms with E-state index in [9.17, 15) is 17.6 Å². The van der Waals surface area contributed by atoms with E-state index in [2.05, 4.69) is 15.0 Å². The molecule has 2 aromatic carbocycles. The molecule has 1 amide bonds. The number of hydrogen-bond donors (Lipinski definition) is 2. The minimum atomic E-state index is -3.47. The number of ether oxygens (including phenoxy) is 1. The molecule has 0 saturated heterocycles. The van der Waals surface area contributed by atoms with E-state index >= 15 is 0 Å². The quantitative estimate of drug-likeness (QED) is 0.598. The van der Waals surface area contributed by atoms with Crippen molar-refractivity contribution in [1.82, 2.24) is 10.3 Å². The van der Waals surface area contributed by atoms with E-state index in [1.807, 2.05) is 0 Å². The van der Waals surface area contributed by atoms with Gasteiger partial charge in [-0.3, -0.25) is 14.5 Å². The molecule has 0 aliphatic heterocycles. The first-order valence-corrected chi connectivity index (χ1v) is 10.8. The van der Waals surface area contributed by atoms with Crippen molar-refractivity contribution in [2.75, 3.05) is 11.0 Å². The number of nitrogens with zero attached hydrogens (tertiary/aromatic N) is 1. The van der Waals surface area contributed by atoms with Crippen LogP contribution in [0.25, 0.3) is 0 Å². The monoisotopic (exact) mass is 429 g/mol. The summed E-state index contributed by atoms with van der Waals surface area (Å²) in [4.78, 5) is 16.3. The largest absolute Gasteiger partial charge is 0.453 e. The van der Waals surface area contributed by atoms with Crippen LogP contribution in [0.5, 0.6) is 11.5 Å². The van der Waals surface area contributed by atoms with E-state index in [0.717, 1.165) is 6.26 Å². The third-order valence-electron chi connectivity index (χ3n) is 4.11. The second-order valence-corrected chi connectivity index (χ2v) is 8.39. The standard InChI is InChI=1S/C21H20FN3O4S/c1-14-5-7-16(11-19(14)25-30(2,27)28)21(26)24-12-15-6-8-20(18(22)10-15)29-17-4-3-9-23-13-17/h3-11,13,25H,12H2,1-2H3,(H,24,26). The van der Waals surface area contributed by atoms with Gasteiger partial charge in [0.05, 0.1) is 18.1 Å². The highest BCUT2D eigenvalue weighted by atomic mass is 32.2. The zero-order chi connectivity index (χ0) is 21.7. The summed E-state index contributed by atoms with van der Waals surface area (Å²) in [7, 11) is -3.47. The highest BCUT2D eigenvalue weighted by Gasteiger charge is 2.12. The molecule has 0 spiro atoms. The lowest BCUT2D eigenvalue weighted by Crippen LogP contribution is -2.23. The number of aryl methyl sites for hydroxylation is 1. The van der Waals surface area contributed by atoms with Crippen molar-refractivity contribution in [2.45, 2.75) is 13.5 Å². The molecule has 0 bridgehead atoms. The minimum Gasteiger partial charge on any atom is -0.453 e. The van der Waals surface area contributed by atoms with Gasteiger partial charge < -0.3 is 10.1 Å². The van der Waals surface area contributed by atoms with E-state index in [1.165, 1.54) is 24.4 Å². The van der Waals surface area contributed by atoms with Crippen LogP contribution in [0.3, 0.4) is 0 Å². The summed E-state index contributed by atoms with van der Waals surface area (Å²) in [6.45, 7) is 1.82. The van der Waals surface area contributed by atoms with Crippen LogP contribution in [0.2, 0.25) is 0 Å². The zero-order valence-electron chi connectivity index (χ0n) is 16.3. The van der Waals surface area contributed by atoms with Crippen LogP contribution in [0.4, 0.5) is 10.1 Å². The Bertz CT molecular complexity index is 1170. The SMILES string of the molecule is Cc1ccc(C(=O)NCc2ccc(Oc3cccnc3)c(F)c2)cc1NS(C)(=O)=O. The Labute approximate surface area is 174 Å². The second kappa shape index (κ2) is 8.91. The van der Waals surface area contributed by atoms with Crippen molar-refractivity contribution >= 4 is 21.6 Å². The summed E-state index contributed by atoms with van der Waals surface area (Å²) >= 11 is 0. The molecule has 0 atom stereocenters. The van der Waals surface area contributed by atoms with Gasteiger partial charge >= 0.3 is 0 Å². The van der Waals surface area contributed by atoms with Crippen LogP contribution in [0.15, 0.2) is 60.9 Å². The predicted octanol–water partition coefficient (Wildman–Crippen LogP) is 3.62. The van der Waals surface area contributed by atoms with Crippen LogP contribution in [-0.4, -0.2) is 25.6 Å². The second-order valence-electron chi connectivity index (χ2n) is 6.64. The summed E-state index contributed by atoms with van der Waals surface area (Å²) < 4.78 is 45.1. The topological polar surface area (TPSA) is 97.4 Å². The molecule has 0 saturated carbocycles. The number of rotatable bonds is 7. The van der Waals surface area contributed by atoms with Crippen molar-refractivity contribution < 1.29 is 22.3 Å². The van der Waals surface area contributed by atoms with Crippen molar-refractivity contribution in [3.05, 3.63) is 83.4 Å². The molecule has 0 aliphatic rings. The predicted molar refractivity (Wildman–Crippen MR) is 112 cm³/mol. The maximum absolute atomic E-state index is 14.3. The van der Waals surface area contributed by atoms with Crippen molar-refractivity contribution in [2.24, 2.45) is 0 Å². The Morgan fingerprint density at radius 3 is 2.63 bits per heavy atom. The number of halogens is 1. The Morgan fingerprint density at radius 2 is 1.97 bits per heavy atom. The number of hydrogen-bond acceptors (Lipinski definition) is 5. The molecule has 0 radical (unpaired) electrons. The first-order chi connectivity index (χ1) is 14.2. The van der Waals surface area contributed by atoms with Crippen LogP contribution in [-0.2, 0) is 16.6 Å². The number of pyridine rings is 1. The number of nitrogens with one attached hydrogen (secondary N) is 2. The van der Waals surface area contributed by atoms with Crippen LogP contribution < -0.4 is 14.8 Å². The van der Waals surface area contributed by atoms with Gasteiger partial charge in [-0.15, -0.1) is 0 Å². The van der Waals surface area contributed by atoms with Gasteiger partial charge in [-0.2, -0.15) is 0 Å². The third kappa shape index (κ3) is 5.77. The van der Waals surface area contributed by atoms with Gasteiger partial charge in [0.2, 0.25) is 10.0 Å². The van der Waals surface area contributed by atoms with E-state index in [-0.39, 0.29) is 17.9 Å². The van der Waals surface area contributed by atoms with Gasteiger partial charge in [-0.1, -0.05) is 12.1 Å². The number of carbonyl (C=O) groups excluding carboxylic acids is 1. The van der Waals surface area contributed by atoms with Gasteiger partial charge in [0.25, 0.3) is 5.91 Å². The van der Waals surface area contributed by atoms with Gasteiger partial charge in [-0.05, 0) is 54.4 Å². The molecule has 9 heteroatoms. The Balaban J connectivity index is 1.66. The van der Waals surface area contributed by atoms with E-state index in [4.69, 9.17) is 4.74 Å². The molecule has 0 fully saturated rings. The van der Waals surface area contributed by atoms with Crippen molar-refractivity contribution in [3.63, 3.8) is 0 Å². The fourth-order valence-corrected chi connectivity index (χ4v) is 3.25. The summed E-state index contributed by atoms with van der Waals surface area (Å²) in [6, 6.07) is 12.4. The lowest BCUT2D eigenvalue weighted by molar-refractivity contribution is 0.0951. The number of aromatic nitrogens is 1. The number of sulfonamides is 1. The lowest BCUT2D eigenvalue weighted by atomic mass is 10.1. The number of benzene rings is 2. The van der Waals surface area contributed by atoms with Gasteiger partial charge in [0, 0.05) is 18.3 Å². The number of amides is 1. The van der Waals surface area contributed by atoms with Crippen LogP contribution >= 0.6 is 0 Å².